The maximum absolute atomic E-state index is 5.99. The van der Waals surface area contributed by atoms with Crippen molar-refractivity contribution in [2.75, 3.05) is 17.6 Å². The minimum atomic E-state index is 0.278. The topological polar surface area (TPSA) is 37.8 Å². The Morgan fingerprint density at radius 3 is 2.83 bits per heavy atom. The maximum Gasteiger partial charge on any atom is 0.224 e. The number of hydrogen-bond acceptors (Lipinski definition) is 4. The number of nitrogens with zero attached hydrogens (tertiary/aromatic N) is 2. The van der Waals surface area contributed by atoms with Gasteiger partial charge in [0.25, 0.3) is 0 Å². The summed E-state index contributed by atoms with van der Waals surface area (Å²) in [6.45, 7) is 2.98. The van der Waals surface area contributed by atoms with Crippen molar-refractivity contribution in [2.24, 2.45) is 0 Å². The van der Waals surface area contributed by atoms with Crippen LogP contribution in [0.1, 0.15) is 12.0 Å². The Hall–Kier alpha value is -1.78. The van der Waals surface area contributed by atoms with E-state index in [1.165, 1.54) is 10.5 Å². The second-order valence-corrected chi connectivity index (χ2v) is 6.81. The molecule has 0 aliphatic rings. The quantitative estimate of drug-likeness (QED) is 0.380. The molecular weight excluding hydrogens is 326 g/mol. The third-order valence-corrected chi connectivity index (χ3v) is 4.70. The van der Waals surface area contributed by atoms with E-state index >= 15 is 0 Å². The number of nitrogens with one attached hydrogen (secondary N) is 1. The lowest BCUT2D eigenvalue weighted by molar-refractivity contribution is 0.980. The van der Waals surface area contributed by atoms with E-state index < -0.39 is 0 Å². The molecule has 0 radical (unpaired) electrons. The number of fused-ring (bicyclic) bond motifs is 1. The Balaban J connectivity index is 1.55. The summed E-state index contributed by atoms with van der Waals surface area (Å²) in [6, 6.07) is 16.5. The summed E-state index contributed by atoms with van der Waals surface area (Å²) < 4.78 is 0. The number of aryl methyl sites for hydroxylation is 1. The second-order valence-electron chi connectivity index (χ2n) is 5.30. The zero-order chi connectivity index (χ0) is 16.1. The summed E-state index contributed by atoms with van der Waals surface area (Å²) in [7, 11) is 0. The first-order valence-corrected chi connectivity index (χ1v) is 8.94. The predicted molar refractivity (Wildman–Crippen MR) is 99.6 cm³/mol. The van der Waals surface area contributed by atoms with Crippen molar-refractivity contribution in [3.05, 3.63) is 59.4 Å². The van der Waals surface area contributed by atoms with E-state index in [4.69, 9.17) is 11.6 Å². The highest BCUT2D eigenvalue weighted by Gasteiger charge is 2.05. The average molecular weight is 344 g/mol. The van der Waals surface area contributed by atoms with Crippen LogP contribution < -0.4 is 5.32 Å². The number of hydrogen-bond donors (Lipinski definition) is 1. The van der Waals surface area contributed by atoms with E-state index in [-0.39, 0.29) is 5.28 Å². The highest BCUT2D eigenvalue weighted by atomic mass is 35.5. The highest BCUT2D eigenvalue weighted by Crippen LogP contribution is 2.22. The third-order valence-electron chi connectivity index (χ3n) is 3.45. The van der Waals surface area contributed by atoms with Crippen molar-refractivity contribution in [3.8, 4) is 0 Å². The first-order chi connectivity index (χ1) is 11.2. The SMILES string of the molecule is Cc1cccc(SCCCNc2nc(Cl)nc3ccccc23)c1. The van der Waals surface area contributed by atoms with Gasteiger partial charge in [0.15, 0.2) is 0 Å². The molecule has 0 atom stereocenters. The van der Waals surface area contributed by atoms with Gasteiger partial charge >= 0.3 is 0 Å². The van der Waals surface area contributed by atoms with E-state index in [9.17, 15) is 0 Å². The molecule has 0 spiro atoms. The molecule has 1 heterocycles. The number of aromatic nitrogens is 2. The van der Waals surface area contributed by atoms with Crippen LogP contribution >= 0.6 is 23.4 Å². The van der Waals surface area contributed by atoms with E-state index in [2.05, 4.69) is 46.5 Å². The lowest BCUT2D eigenvalue weighted by atomic mass is 10.2. The largest absolute Gasteiger partial charge is 0.369 e. The molecule has 2 aromatic carbocycles. The molecule has 0 bridgehead atoms. The van der Waals surface area contributed by atoms with Gasteiger partial charge < -0.3 is 5.32 Å². The lowest BCUT2D eigenvalue weighted by Gasteiger charge is -2.09. The molecule has 0 saturated carbocycles. The molecule has 3 aromatic rings. The van der Waals surface area contributed by atoms with Crippen LogP contribution in [0.3, 0.4) is 0 Å². The van der Waals surface area contributed by atoms with Crippen LogP contribution in [-0.2, 0) is 0 Å². The van der Waals surface area contributed by atoms with Crippen molar-refractivity contribution in [1.82, 2.24) is 9.97 Å². The number of rotatable bonds is 6. The Bertz CT molecular complexity index is 807. The number of para-hydroxylation sites is 1. The molecule has 0 aliphatic carbocycles. The number of benzene rings is 2. The van der Waals surface area contributed by atoms with Crippen LogP contribution in [-0.4, -0.2) is 22.3 Å². The highest BCUT2D eigenvalue weighted by molar-refractivity contribution is 7.99. The van der Waals surface area contributed by atoms with Gasteiger partial charge in [-0.25, -0.2) is 9.97 Å². The van der Waals surface area contributed by atoms with E-state index in [0.717, 1.165) is 35.4 Å². The molecule has 0 amide bonds. The van der Waals surface area contributed by atoms with Gasteiger partial charge in [0.05, 0.1) is 5.52 Å². The van der Waals surface area contributed by atoms with Crippen molar-refractivity contribution in [1.29, 1.82) is 0 Å². The molecule has 3 rings (SSSR count). The minimum Gasteiger partial charge on any atom is -0.369 e. The molecule has 0 saturated heterocycles. The summed E-state index contributed by atoms with van der Waals surface area (Å²) in [5.74, 6) is 1.87. The number of anilines is 1. The van der Waals surface area contributed by atoms with E-state index in [1.54, 1.807) is 0 Å². The van der Waals surface area contributed by atoms with Crippen LogP contribution in [0.2, 0.25) is 5.28 Å². The monoisotopic (exact) mass is 343 g/mol. The zero-order valence-corrected chi connectivity index (χ0v) is 14.5. The molecule has 0 fully saturated rings. The Labute approximate surface area is 145 Å². The predicted octanol–water partition coefficient (Wildman–Crippen LogP) is 5.19. The maximum atomic E-state index is 5.99. The van der Waals surface area contributed by atoms with Gasteiger partial charge in [0, 0.05) is 16.8 Å². The molecule has 5 heteroatoms. The summed E-state index contributed by atoms with van der Waals surface area (Å²) >= 11 is 7.87. The van der Waals surface area contributed by atoms with Crippen LogP contribution in [0, 0.1) is 6.92 Å². The van der Waals surface area contributed by atoms with Gasteiger partial charge in [-0.05, 0) is 55.0 Å². The summed E-state index contributed by atoms with van der Waals surface area (Å²) in [5.41, 5.74) is 2.17. The zero-order valence-electron chi connectivity index (χ0n) is 12.9. The fourth-order valence-electron chi connectivity index (χ4n) is 2.36. The van der Waals surface area contributed by atoms with Gasteiger partial charge in [-0.3, -0.25) is 0 Å². The summed E-state index contributed by atoms with van der Waals surface area (Å²) in [5, 5.41) is 4.66. The third kappa shape index (κ3) is 4.36. The smallest absolute Gasteiger partial charge is 0.224 e. The Kier molecular flexibility index (Phi) is 5.36. The van der Waals surface area contributed by atoms with Crippen LogP contribution in [0.15, 0.2) is 53.4 Å². The van der Waals surface area contributed by atoms with Crippen molar-refractivity contribution in [3.63, 3.8) is 0 Å². The fraction of sp³-hybridized carbons (Fsp3) is 0.222. The second kappa shape index (κ2) is 7.66. The standard InChI is InChI=1S/C18H18ClN3S/c1-13-6-4-7-14(12-13)23-11-5-10-20-17-15-8-2-3-9-16(15)21-18(19)22-17/h2-4,6-9,12H,5,10-11H2,1H3,(H,20,21,22). The number of thioether (sulfide) groups is 1. The molecule has 0 aliphatic heterocycles. The van der Waals surface area contributed by atoms with E-state index in [0.29, 0.717) is 0 Å². The van der Waals surface area contributed by atoms with Crippen molar-refractivity contribution in [2.45, 2.75) is 18.2 Å². The number of halogens is 1. The van der Waals surface area contributed by atoms with Gasteiger partial charge in [-0.2, -0.15) is 0 Å². The fourth-order valence-corrected chi connectivity index (χ4v) is 3.50. The first-order valence-electron chi connectivity index (χ1n) is 7.58. The molecule has 0 unspecified atom stereocenters. The molecule has 3 nitrogen and oxygen atoms in total. The van der Waals surface area contributed by atoms with Crippen LogP contribution in [0.25, 0.3) is 10.9 Å². The normalized spacial score (nSPS) is 10.9. The van der Waals surface area contributed by atoms with Gasteiger partial charge in [0.1, 0.15) is 5.82 Å². The minimum absolute atomic E-state index is 0.278. The van der Waals surface area contributed by atoms with Gasteiger partial charge in [0.2, 0.25) is 5.28 Å². The van der Waals surface area contributed by atoms with E-state index in [1.807, 2.05) is 36.0 Å². The first kappa shape index (κ1) is 16.1. The van der Waals surface area contributed by atoms with Crippen molar-refractivity contribution >= 4 is 40.1 Å². The van der Waals surface area contributed by atoms with Crippen molar-refractivity contribution < 1.29 is 0 Å². The molecule has 23 heavy (non-hydrogen) atoms. The van der Waals surface area contributed by atoms with Crippen LogP contribution in [0.4, 0.5) is 5.82 Å². The molecule has 1 aromatic heterocycles. The molecular formula is C18H18ClN3S. The summed E-state index contributed by atoms with van der Waals surface area (Å²) in [6.07, 6.45) is 1.05. The molecule has 118 valence electrons. The summed E-state index contributed by atoms with van der Waals surface area (Å²) in [4.78, 5) is 9.86. The molecule has 1 N–H and O–H groups in total. The van der Waals surface area contributed by atoms with Crippen LogP contribution in [0.5, 0.6) is 0 Å². The lowest BCUT2D eigenvalue weighted by Crippen LogP contribution is -2.05. The van der Waals surface area contributed by atoms with Gasteiger partial charge in [-0.1, -0.05) is 29.8 Å². The average Bonchev–Trinajstić information content (AvgIpc) is 2.54. The Morgan fingerprint density at radius 1 is 1.09 bits per heavy atom. The Morgan fingerprint density at radius 2 is 1.96 bits per heavy atom. The van der Waals surface area contributed by atoms with Gasteiger partial charge in [-0.15, -0.1) is 11.8 Å².